The standard InChI is InChI=1S/C16H19NO2/c1-3-12-5-4-6-14(7-12)17-11(2)13-8-15(18)10-16(19)9-13/h4-11,17-19H,3H2,1-2H3. The molecule has 0 aliphatic heterocycles. The number of nitrogens with one attached hydrogen (secondary N) is 1. The van der Waals surface area contributed by atoms with Crippen LogP contribution >= 0.6 is 0 Å². The number of aromatic hydroxyl groups is 2. The zero-order valence-corrected chi connectivity index (χ0v) is 11.2. The van der Waals surface area contributed by atoms with Gasteiger partial charge in [0.15, 0.2) is 0 Å². The molecule has 1 atom stereocenters. The lowest BCUT2D eigenvalue weighted by atomic mass is 10.1. The highest BCUT2D eigenvalue weighted by Gasteiger charge is 2.08. The number of phenolic OH excluding ortho intramolecular Hbond substituents is 2. The highest BCUT2D eigenvalue weighted by Crippen LogP contribution is 2.27. The number of hydrogen-bond acceptors (Lipinski definition) is 3. The van der Waals surface area contributed by atoms with E-state index in [0.29, 0.717) is 0 Å². The van der Waals surface area contributed by atoms with Crippen molar-refractivity contribution < 1.29 is 10.2 Å². The Labute approximate surface area is 113 Å². The molecule has 3 nitrogen and oxygen atoms in total. The largest absolute Gasteiger partial charge is 0.508 e. The lowest BCUT2D eigenvalue weighted by Crippen LogP contribution is -2.06. The van der Waals surface area contributed by atoms with E-state index in [0.717, 1.165) is 17.7 Å². The van der Waals surface area contributed by atoms with Gasteiger partial charge in [0.05, 0.1) is 0 Å². The third-order valence-corrected chi connectivity index (χ3v) is 3.14. The summed E-state index contributed by atoms with van der Waals surface area (Å²) in [5, 5.41) is 22.4. The molecule has 0 saturated heterocycles. The number of benzene rings is 2. The van der Waals surface area contributed by atoms with E-state index in [1.807, 2.05) is 19.1 Å². The van der Waals surface area contributed by atoms with Gasteiger partial charge in [-0.15, -0.1) is 0 Å². The molecule has 0 radical (unpaired) electrons. The normalized spacial score (nSPS) is 12.1. The van der Waals surface area contributed by atoms with Gasteiger partial charge in [-0.1, -0.05) is 19.1 Å². The molecular formula is C16H19NO2. The monoisotopic (exact) mass is 257 g/mol. The average molecular weight is 257 g/mol. The van der Waals surface area contributed by atoms with Crippen molar-refractivity contribution in [1.82, 2.24) is 0 Å². The number of hydrogen-bond donors (Lipinski definition) is 3. The van der Waals surface area contributed by atoms with Crippen LogP contribution in [0.3, 0.4) is 0 Å². The summed E-state index contributed by atoms with van der Waals surface area (Å²) in [6, 6.07) is 12.9. The molecule has 2 rings (SSSR count). The molecule has 0 aromatic heterocycles. The third-order valence-electron chi connectivity index (χ3n) is 3.14. The maximum absolute atomic E-state index is 9.50. The SMILES string of the molecule is CCc1cccc(NC(C)c2cc(O)cc(O)c2)c1. The summed E-state index contributed by atoms with van der Waals surface area (Å²) in [6.07, 6.45) is 0.997. The molecule has 0 bridgehead atoms. The molecular weight excluding hydrogens is 238 g/mol. The van der Waals surface area contributed by atoms with Gasteiger partial charge in [-0.3, -0.25) is 0 Å². The summed E-state index contributed by atoms with van der Waals surface area (Å²) in [4.78, 5) is 0. The van der Waals surface area contributed by atoms with E-state index in [1.165, 1.54) is 11.6 Å². The fourth-order valence-corrected chi connectivity index (χ4v) is 2.08. The van der Waals surface area contributed by atoms with Gasteiger partial charge in [0.2, 0.25) is 0 Å². The second-order valence-electron chi connectivity index (χ2n) is 4.70. The van der Waals surface area contributed by atoms with E-state index in [9.17, 15) is 10.2 Å². The Bertz CT molecular complexity index is 546. The van der Waals surface area contributed by atoms with Crippen molar-refractivity contribution in [2.75, 3.05) is 5.32 Å². The van der Waals surface area contributed by atoms with Gasteiger partial charge in [0, 0.05) is 17.8 Å². The maximum atomic E-state index is 9.50. The van der Waals surface area contributed by atoms with Crippen molar-refractivity contribution >= 4 is 5.69 Å². The first-order valence-corrected chi connectivity index (χ1v) is 6.47. The van der Waals surface area contributed by atoms with Crippen LogP contribution in [0.15, 0.2) is 42.5 Å². The van der Waals surface area contributed by atoms with Crippen LogP contribution in [-0.2, 0) is 6.42 Å². The van der Waals surface area contributed by atoms with Crippen LogP contribution in [0.2, 0.25) is 0 Å². The maximum Gasteiger partial charge on any atom is 0.119 e. The molecule has 0 aliphatic carbocycles. The minimum absolute atomic E-state index is 0.00473. The van der Waals surface area contributed by atoms with Crippen molar-refractivity contribution in [3.05, 3.63) is 53.6 Å². The number of aryl methyl sites for hydroxylation is 1. The van der Waals surface area contributed by atoms with Crippen molar-refractivity contribution in [1.29, 1.82) is 0 Å². The lowest BCUT2D eigenvalue weighted by Gasteiger charge is -2.17. The third kappa shape index (κ3) is 3.41. The highest BCUT2D eigenvalue weighted by molar-refractivity contribution is 5.49. The quantitative estimate of drug-likeness (QED) is 0.780. The van der Waals surface area contributed by atoms with Gasteiger partial charge >= 0.3 is 0 Å². The Kier molecular flexibility index (Phi) is 3.95. The van der Waals surface area contributed by atoms with E-state index in [2.05, 4.69) is 24.4 Å². The molecule has 0 fully saturated rings. The molecule has 2 aromatic rings. The lowest BCUT2D eigenvalue weighted by molar-refractivity contribution is 0.448. The van der Waals surface area contributed by atoms with Gasteiger partial charge in [-0.05, 0) is 48.7 Å². The minimum atomic E-state index is 0.00473. The summed E-state index contributed by atoms with van der Waals surface area (Å²) < 4.78 is 0. The van der Waals surface area contributed by atoms with E-state index >= 15 is 0 Å². The van der Waals surface area contributed by atoms with Gasteiger partial charge < -0.3 is 15.5 Å². The Morgan fingerprint density at radius 2 is 1.74 bits per heavy atom. The molecule has 19 heavy (non-hydrogen) atoms. The van der Waals surface area contributed by atoms with E-state index in [-0.39, 0.29) is 17.5 Å². The molecule has 3 heteroatoms. The van der Waals surface area contributed by atoms with Crippen LogP contribution in [-0.4, -0.2) is 10.2 Å². The summed E-state index contributed by atoms with van der Waals surface area (Å²) in [5.41, 5.74) is 3.16. The second-order valence-corrected chi connectivity index (χ2v) is 4.70. The average Bonchev–Trinajstić information content (AvgIpc) is 2.37. The highest BCUT2D eigenvalue weighted by atomic mass is 16.3. The number of phenols is 2. The van der Waals surface area contributed by atoms with Crippen LogP contribution in [0.25, 0.3) is 0 Å². The van der Waals surface area contributed by atoms with Crippen LogP contribution in [0.1, 0.15) is 31.0 Å². The van der Waals surface area contributed by atoms with Gasteiger partial charge in [-0.25, -0.2) is 0 Å². The Morgan fingerprint density at radius 1 is 1.05 bits per heavy atom. The van der Waals surface area contributed by atoms with Crippen molar-refractivity contribution in [2.45, 2.75) is 26.3 Å². The molecule has 0 spiro atoms. The summed E-state index contributed by atoms with van der Waals surface area (Å²) in [5.74, 6) is 0.150. The van der Waals surface area contributed by atoms with Crippen molar-refractivity contribution in [3.63, 3.8) is 0 Å². The fourth-order valence-electron chi connectivity index (χ4n) is 2.08. The molecule has 100 valence electrons. The summed E-state index contributed by atoms with van der Waals surface area (Å²) >= 11 is 0. The van der Waals surface area contributed by atoms with E-state index < -0.39 is 0 Å². The van der Waals surface area contributed by atoms with Gasteiger partial charge in [0.1, 0.15) is 11.5 Å². The molecule has 0 saturated carbocycles. The topological polar surface area (TPSA) is 52.5 Å². The fraction of sp³-hybridized carbons (Fsp3) is 0.250. The predicted molar refractivity (Wildman–Crippen MR) is 77.6 cm³/mol. The summed E-state index contributed by atoms with van der Waals surface area (Å²) in [7, 11) is 0. The number of anilines is 1. The summed E-state index contributed by atoms with van der Waals surface area (Å²) in [6.45, 7) is 4.11. The van der Waals surface area contributed by atoms with Crippen LogP contribution in [0.5, 0.6) is 11.5 Å². The van der Waals surface area contributed by atoms with Crippen LogP contribution in [0.4, 0.5) is 5.69 Å². The molecule has 2 aromatic carbocycles. The first-order valence-electron chi connectivity index (χ1n) is 6.47. The van der Waals surface area contributed by atoms with E-state index in [1.54, 1.807) is 12.1 Å². The van der Waals surface area contributed by atoms with Gasteiger partial charge in [-0.2, -0.15) is 0 Å². The second kappa shape index (κ2) is 5.65. The van der Waals surface area contributed by atoms with Crippen molar-refractivity contribution in [3.8, 4) is 11.5 Å². The molecule has 0 amide bonds. The predicted octanol–water partition coefficient (Wildman–Crippen LogP) is 3.83. The molecule has 0 heterocycles. The molecule has 1 unspecified atom stereocenters. The zero-order valence-electron chi connectivity index (χ0n) is 11.2. The van der Waals surface area contributed by atoms with Gasteiger partial charge in [0.25, 0.3) is 0 Å². The smallest absolute Gasteiger partial charge is 0.119 e. The Hall–Kier alpha value is -2.16. The first kappa shape index (κ1) is 13.3. The van der Waals surface area contributed by atoms with Crippen LogP contribution < -0.4 is 5.32 Å². The Morgan fingerprint density at radius 3 is 2.37 bits per heavy atom. The zero-order chi connectivity index (χ0) is 13.8. The first-order chi connectivity index (χ1) is 9.08. The minimum Gasteiger partial charge on any atom is -0.508 e. The van der Waals surface area contributed by atoms with E-state index in [4.69, 9.17) is 0 Å². The number of rotatable bonds is 4. The Balaban J connectivity index is 2.17. The molecule has 0 aliphatic rings. The van der Waals surface area contributed by atoms with Crippen LogP contribution in [0, 0.1) is 0 Å². The molecule has 3 N–H and O–H groups in total. The van der Waals surface area contributed by atoms with Crippen molar-refractivity contribution in [2.24, 2.45) is 0 Å².